The second-order valence-corrected chi connectivity index (χ2v) is 4.43. The third-order valence-electron chi connectivity index (χ3n) is 2.37. The molecule has 3 nitrogen and oxygen atoms in total. The van der Waals surface area contributed by atoms with Crippen molar-refractivity contribution in [3.05, 3.63) is 35.2 Å². The van der Waals surface area contributed by atoms with Crippen LogP contribution >= 0.6 is 11.3 Å². The zero-order valence-corrected chi connectivity index (χ0v) is 10.1. The fourth-order valence-electron chi connectivity index (χ4n) is 1.59. The molecule has 0 saturated heterocycles. The van der Waals surface area contributed by atoms with E-state index in [1.807, 2.05) is 12.1 Å². The molecule has 0 aliphatic rings. The summed E-state index contributed by atoms with van der Waals surface area (Å²) < 4.78 is 1.26. The minimum absolute atomic E-state index is 0.777. The van der Waals surface area contributed by atoms with E-state index in [0.29, 0.717) is 0 Å². The molecule has 0 fully saturated rings. The Morgan fingerprint density at radius 1 is 1.44 bits per heavy atom. The van der Waals surface area contributed by atoms with Crippen LogP contribution in [-0.2, 0) is 0 Å². The molecule has 4 heteroatoms. The Labute approximate surface area is 99.0 Å². The number of hydrogen-bond donors (Lipinski definition) is 2. The first kappa shape index (κ1) is 11.1. The standard InChI is InChI=1S/C12H15N3S/c1-2-7-14-12(15-13)10-8-16-11-6-4-3-5-9(10)11/h3-6,8H,2,7,13H2,1H3,(H,14,15). The maximum Gasteiger partial charge on any atom is 0.143 e. The minimum Gasteiger partial charge on any atom is -0.308 e. The molecule has 2 aromatic rings. The summed E-state index contributed by atoms with van der Waals surface area (Å²) in [6.45, 7) is 2.90. The largest absolute Gasteiger partial charge is 0.308 e. The predicted octanol–water partition coefficient (Wildman–Crippen LogP) is 2.52. The van der Waals surface area contributed by atoms with E-state index in [-0.39, 0.29) is 0 Å². The van der Waals surface area contributed by atoms with Crippen molar-refractivity contribution in [2.75, 3.05) is 6.54 Å². The van der Waals surface area contributed by atoms with E-state index < -0.39 is 0 Å². The first-order chi connectivity index (χ1) is 7.86. The van der Waals surface area contributed by atoms with E-state index in [0.717, 1.165) is 24.4 Å². The van der Waals surface area contributed by atoms with Crippen molar-refractivity contribution in [2.45, 2.75) is 13.3 Å². The summed E-state index contributed by atoms with van der Waals surface area (Å²) in [6.07, 6.45) is 1.02. The van der Waals surface area contributed by atoms with Gasteiger partial charge in [-0.3, -0.25) is 4.99 Å². The lowest BCUT2D eigenvalue weighted by Gasteiger charge is -2.04. The number of hydrazine groups is 1. The van der Waals surface area contributed by atoms with Gasteiger partial charge in [0, 0.05) is 27.6 Å². The third-order valence-corrected chi connectivity index (χ3v) is 3.33. The molecule has 0 aliphatic carbocycles. The fourth-order valence-corrected chi connectivity index (χ4v) is 2.54. The van der Waals surface area contributed by atoms with Crippen molar-refractivity contribution in [2.24, 2.45) is 10.8 Å². The fraction of sp³-hybridized carbons (Fsp3) is 0.250. The van der Waals surface area contributed by atoms with Gasteiger partial charge in [0.25, 0.3) is 0 Å². The van der Waals surface area contributed by atoms with Crippen molar-refractivity contribution in [3.8, 4) is 0 Å². The average molecular weight is 233 g/mol. The quantitative estimate of drug-likeness (QED) is 0.370. The number of nitrogens with two attached hydrogens (primary N) is 1. The molecule has 1 heterocycles. The number of thiophene rings is 1. The predicted molar refractivity (Wildman–Crippen MR) is 70.8 cm³/mol. The van der Waals surface area contributed by atoms with E-state index in [4.69, 9.17) is 5.84 Å². The number of nitrogens with zero attached hydrogens (tertiary/aromatic N) is 1. The highest BCUT2D eigenvalue weighted by Crippen LogP contribution is 2.25. The average Bonchev–Trinajstić information content (AvgIpc) is 2.75. The van der Waals surface area contributed by atoms with Gasteiger partial charge < -0.3 is 5.43 Å². The summed E-state index contributed by atoms with van der Waals surface area (Å²) in [6, 6.07) is 8.28. The number of benzene rings is 1. The highest BCUT2D eigenvalue weighted by atomic mass is 32.1. The second-order valence-electron chi connectivity index (χ2n) is 3.52. The van der Waals surface area contributed by atoms with E-state index in [2.05, 4.69) is 34.9 Å². The molecule has 0 radical (unpaired) electrons. The molecule has 0 amide bonds. The number of amidine groups is 1. The monoisotopic (exact) mass is 233 g/mol. The van der Waals surface area contributed by atoms with Gasteiger partial charge in [0.1, 0.15) is 5.84 Å². The number of nitrogens with one attached hydrogen (secondary N) is 1. The molecular weight excluding hydrogens is 218 g/mol. The Morgan fingerprint density at radius 3 is 3.00 bits per heavy atom. The van der Waals surface area contributed by atoms with Gasteiger partial charge in [-0.25, -0.2) is 5.84 Å². The van der Waals surface area contributed by atoms with Gasteiger partial charge in [0.05, 0.1) is 0 Å². The van der Waals surface area contributed by atoms with Crippen LogP contribution in [0.5, 0.6) is 0 Å². The highest BCUT2D eigenvalue weighted by Gasteiger charge is 2.08. The summed E-state index contributed by atoms with van der Waals surface area (Å²) in [5.74, 6) is 6.30. The van der Waals surface area contributed by atoms with Crippen LogP contribution in [-0.4, -0.2) is 12.4 Å². The zero-order chi connectivity index (χ0) is 11.4. The molecule has 0 spiro atoms. The van der Waals surface area contributed by atoms with Crippen LogP contribution in [0.4, 0.5) is 0 Å². The summed E-state index contributed by atoms with van der Waals surface area (Å²) in [4.78, 5) is 4.44. The third kappa shape index (κ3) is 2.08. The van der Waals surface area contributed by atoms with Gasteiger partial charge in [0.2, 0.25) is 0 Å². The van der Waals surface area contributed by atoms with Gasteiger partial charge in [0.15, 0.2) is 0 Å². The zero-order valence-electron chi connectivity index (χ0n) is 9.23. The second kappa shape index (κ2) is 5.09. The van der Waals surface area contributed by atoms with Crippen LogP contribution in [0.15, 0.2) is 34.6 Å². The number of hydrogen-bond acceptors (Lipinski definition) is 3. The Balaban J connectivity index is 2.45. The van der Waals surface area contributed by atoms with Crippen molar-refractivity contribution in [3.63, 3.8) is 0 Å². The van der Waals surface area contributed by atoms with Crippen LogP contribution < -0.4 is 11.3 Å². The maximum atomic E-state index is 5.52. The van der Waals surface area contributed by atoms with Gasteiger partial charge >= 0.3 is 0 Å². The van der Waals surface area contributed by atoms with E-state index in [9.17, 15) is 0 Å². The summed E-state index contributed by atoms with van der Waals surface area (Å²) in [5.41, 5.74) is 3.78. The molecule has 84 valence electrons. The first-order valence-corrected chi connectivity index (χ1v) is 6.22. The molecule has 2 rings (SSSR count). The smallest absolute Gasteiger partial charge is 0.143 e. The first-order valence-electron chi connectivity index (χ1n) is 5.34. The Kier molecular flexibility index (Phi) is 3.54. The normalized spacial score (nSPS) is 12.0. The van der Waals surface area contributed by atoms with Crippen LogP contribution in [0.25, 0.3) is 10.1 Å². The molecule has 3 N–H and O–H groups in total. The highest BCUT2D eigenvalue weighted by molar-refractivity contribution is 7.17. The van der Waals surface area contributed by atoms with Crippen molar-refractivity contribution in [1.82, 2.24) is 5.43 Å². The topological polar surface area (TPSA) is 50.4 Å². The van der Waals surface area contributed by atoms with Gasteiger partial charge in [-0.15, -0.1) is 11.3 Å². The molecule has 0 bridgehead atoms. The summed E-state index contributed by atoms with van der Waals surface area (Å²) >= 11 is 1.71. The molecule has 0 atom stereocenters. The summed E-state index contributed by atoms with van der Waals surface area (Å²) in [5, 5.41) is 3.30. The van der Waals surface area contributed by atoms with Gasteiger partial charge in [-0.05, 0) is 12.5 Å². The lowest BCUT2D eigenvalue weighted by molar-refractivity contribution is 0.908. The van der Waals surface area contributed by atoms with E-state index in [1.165, 1.54) is 10.1 Å². The van der Waals surface area contributed by atoms with Crippen LogP contribution in [0.1, 0.15) is 18.9 Å². The van der Waals surface area contributed by atoms with E-state index >= 15 is 0 Å². The van der Waals surface area contributed by atoms with E-state index in [1.54, 1.807) is 11.3 Å². The Morgan fingerprint density at radius 2 is 2.25 bits per heavy atom. The Bertz CT molecular complexity index is 502. The minimum atomic E-state index is 0.777. The molecule has 0 unspecified atom stereocenters. The lowest BCUT2D eigenvalue weighted by Crippen LogP contribution is -2.31. The van der Waals surface area contributed by atoms with Gasteiger partial charge in [-0.1, -0.05) is 25.1 Å². The molecule has 0 aliphatic heterocycles. The molecular formula is C12H15N3S. The van der Waals surface area contributed by atoms with Crippen molar-refractivity contribution in [1.29, 1.82) is 0 Å². The Hall–Kier alpha value is -1.39. The van der Waals surface area contributed by atoms with Crippen LogP contribution in [0, 0.1) is 0 Å². The molecule has 16 heavy (non-hydrogen) atoms. The van der Waals surface area contributed by atoms with Crippen molar-refractivity contribution < 1.29 is 0 Å². The number of fused-ring (bicyclic) bond motifs is 1. The van der Waals surface area contributed by atoms with Gasteiger partial charge in [-0.2, -0.15) is 0 Å². The van der Waals surface area contributed by atoms with Crippen LogP contribution in [0.3, 0.4) is 0 Å². The SMILES string of the molecule is CCCN=C(NN)c1csc2ccccc12. The molecule has 1 aromatic carbocycles. The maximum absolute atomic E-state index is 5.52. The molecule has 0 saturated carbocycles. The summed E-state index contributed by atoms with van der Waals surface area (Å²) in [7, 11) is 0. The van der Waals surface area contributed by atoms with Crippen molar-refractivity contribution >= 4 is 27.3 Å². The number of aliphatic imine (C=N–C) groups is 1. The molecule has 1 aromatic heterocycles. The van der Waals surface area contributed by atoms with Crippen LogP contribution in [0.2, 0.25) is 0 Å². The number of rotatable bonds is 3. The lowest BCUT2D eigenvalue weighted by atomic mass is 10.1.